The van der Waals surface area contributed by atoms with E-state index < -0.39 is 0 Å². The van der Waals surface area contributed by atoms with Crippen LogP contribution in [-0.4, -0.2) is 29.0 Å². The molecule has 0 spiro atoms. The fourth-order valence-corrected chi connectivity index (χ4v) is 2.93. The van der Waals surface area contributed by atoms with Crippen LogP contribution in [0.5, 0.6) is 0 Å². The first kappa shape index (κ1) is 15.0. The Kier molecular flexibility index (Phi) is 4.68. The van der Waals surface area contributed by atoms with Gasteiger partial charge in [0.15, 0.2) is 0 Å². The van der Waals surface area contributed by atoms with Crippen LogP contribution in [0.4, 0.5) is 5.95 Å². The van der Waals surface area contributed by atoms with Gasteiger partial charge in [-0.3, -0.25) is 4.79 Å². The molecule has 3 rings (SSSR count). The fourth-order valence-electron chi connectivity index (χ4n) is 2.46. The molecular formula is C16H17BrN4O. The van der Waals surface area contributed by atoms with Crippen molar-refractivity contribution in [2.75, 3.05) is 18.0 Å². The average molecular weight is 361 g/mol. The smallest absolute Gasteiger partial charge is 0.252 e. The number of carbonyl (C=O) groups excluding carboxylic acids is 1. The molecule has 114 valence electrons. The zero-order valence-corrected chi connectivity index (χ0v) is 13.7. The summed E-state index contributed by atoms with van der Waals surface area (Å²) in [6.45, 7) is 2.41. The number of hydrogen-bond acceptors (Lipinski definition) is 4. The summed E-state index contributed by atoms with van der Waals surface area (Å²) in [5, 5.41) is 2.90. The fraction of sp³-hybridized carbons (Fsp3) is 0.312. The van der Waals surface area contributed by atoms with Gasteiger partial charge in [-0.1, -0.05) is 12.1 Å². The van der Waals surface area contributed by atoms with E-state index in [9.17, 15) is 4.79 Å². The molecule has 0 aliphatic carbocycles. The molecule has 1 aliphatic heterocycles. The Morgan fingerprint density at radius 1 is 1.23 bits per heavy atom. The van der Waals surface area contributed by atoms with Crippen molar-refractivity contribution in [3.63, 3.8) is 0 Å². The molecule has 0 unspecified atom stereocenters. The van der Waals surface area contributed by atoms with Crippen LogP contribution in [0.1, 0.15) is 28.9 Å². The number of nitrogens with zero attached hydrogens (tertiary/aromatic N) is 3. The molecule has 1 fully saturated rings. The van der Waals surface area contributed by atoms with Gasteiger partial charge in [0.05, 0.1) is 17.8 Å². The number of amides is 1. The van der Waals surface area contributed by atoms with E-state index in [1.165, 1.54) is 12.8 Å². The number of anilines is 1. The maximum absolute atomic E-state index is 12.2. The van der Waals surface area contributed by atoms with Gasteiger partial charge in [-0.25, -0.2) is 9.97 Å². The van der Waals surface area contributed by atoms with E-state index in [-0.39, 0.29) is 5.91 Å². The average Bonchev–Trinajstić information content (AvgIpc) is 3.08. The van der Waals surface area contributed by atoms with Crippen LogP contribution in [0.25, 0.3) is 0 Å². The summed E-state index contributed by atoms with van der Waals surface area (Å²) in [6.07, 6.45) is 4.12. The monoisotopic (exact) mass is 360 g/mol. The first-order chi connectivity index (χ1) is 10.7. The molecular weight excluding hydrogens is 344 g/mol. The van der Waals surface area contributed by atoms with Gasteiger partial charge >= 0.3 is 0 Å². The highest BCUT2D eigenvalue weighted by atomic mass is 79.9. The third kappa shape index (κ3) is 3.44. The Morgan fingerprint density at radius 2 is 2.00 bits per heavy atom. The van der Waals surface area contributed by atoms with Gasteiger partial charge in [-0.05, 0) is 47.0 Å². The molecule has 5 nitrogen and oxygen atoms in total. The standard InChI is InChI=1S/C16H17BrN4O/c17-14-6-2-1-5-13(14)15(22)19-11-12-7-8-18-16(20-12)21-9-3-4-10-21/h1-2,5-8H,3-4,9-11H2,(H,19,22). The van der Waals surface area contributed by atoms with E-state index in [1.54, 1.807) is 12.3 Å². The van der Waals surface area contributed by atoms with E-state index in [4.69, 9.17) is 0 Å². The summed E-state index contributed by atoms with van der Waals surface area (Å²) in [7, 11) is 0. The molecule has 0 radical (unpaired) electrons. The van der Waals surface area contributed by atoms with Gasteiger partial charge in [-0.2, -0.15) is 0 Å². The second-order valence-corrected chi connectivity index (χ2v) is 6.06. The van der Waals surface area contributed by atoms with Crippen molar-refractivity contribution in [1.29, 1.82) is 0 Å². The molecule has 0 atom stereocenters. The van der Waals surface area contributed by atoms with Gasteiger partial charge in [0.1, 0.15) is 0 Å². The van der Waals surface area contributed by atoms with Crippen molar-refractivity contribution >= 4 is 27.8 Å². The Labute approximate surface area is 137 Å². The van der Waals surface area contributed by atoms with Gasteiger partial charge in [0, 0.05) is 23.8 Å². The molecule has 2 heterocycles. The summed E-state index contributed by atoms with van der Waals surface area (Å²) in [5.74, 6) is 0.638. The maximum Gasteiger partial charge on any atom is 0.252 e. The van der Waals surface area contributed by atoms with Crippen molar-refractivity contribution in [3.8, 4) is 0 Å². The Bertz CT molecular complexity index is 671. The second kappa shape index (κ2) is 6.87. The van der Waals surface area contributed by atoms with Gasteiger partial charge < -0.3 is 10.2 Å². The first-order valence-electron chi connectivity index (χ1n) is 7.33. The van der Waals surface area contributed by atoms with Gasteiger partial charge in [0.2, 0.25) is 5.95 Å². The zero-order chi connectivity index (χ0) is 15.4. The lowest BCUT2D eigenvalue weighted by atomic mass is 10.2. The Morgan fingerprint density at radius 3 is 2.77 bits per heavy atom. The van der Waals surface area contributed by atoms with E-state index in [0.717, 1.165) is 29.2 Å². The summed E-state index contributed by atoms with van der Waals surface area (Å²) in [5.41, 5.74) is 1.44. The molecule has 22 heavy (non-hydrogen) atoms. The normalized spacial score (nSPS) is 14.1. The van der Waals surface area contributed by atoms with Crippen LogP contribution in [0.15, 0.2) is 41.0 Å². The van der Waals surface area contributed by atoms with Crippen molar-refractivity contribution in [3.05, 3.63) is 52.3 Å². The van der Waals surface area contributed by atoms with Crippen LogP contribution in [0.2, 0.25) is 0 Å². The summed E-state index contributed by atoms with van der Waals surface area (Å²) < 4.78 is 0.785. The molecule has 1 aliphatic rings. The molecule has 0 saturated carbocycles. The number of rotatable bonds is 4. The van der Waals surface area contributed by atoms with Crippen molar-refractivity contribution in [2.45, 2.75) is 19.4 Å². The van der Waals surface area contributed by atoms with Crippen molar-refractivity contribution < 1.29 is 4.79 Å². The van der Waals surface area contributed by atoms with E-state index in [2.05, 4.69) is 36.1 Å². The minimum atomic E-state index is -0.117. The molecule has 6 heteroatoms. The third-order valence-electron chi connectivity index (χ3n) is 3.64. The van der Waals surface area contributed by atoms with E-state index >= 15 is 0 Å². The lowest BCUT2D eigenvalue weighted by Gasteiger charge is -2.15. The van der Waals surface area contributed by atoms with Crippen LogP contribution in [0.3, 0.4) is 0 Å². The predicted molar refractivity (Wildman–Crippen MR) is 88.8 cm³/mol. The molecule has 2 aromatic rings. The van der Waals surface area contributed by atoms with Crippen molar-refractivity contribution in [2.24, 2.45) is 0 Å². The highest BCUT2D eigenvalue weighted by Crippen LogP contribution is 2.17. The number of carbonyl (C=O) groups is 1. The lowest BCUT2D eigenvalue weighted by Crippen LogP contribution is -2.25. The second-order valence-electron chi connectivity index (χ2n) is 5.20. The Hall–Kier alpha value is -1.95. The number of benzene rings is 1. The van der Waals surface area contributed by atoms with Gasteiger partial charge in [0.25, 0.3) is 5.91 Å². The van der Waals surface area contributed by atoms with Crippen LogP contribution in [0, 0.1) is 0 Å². The summed E-state index contributed by atoms with van der Waals surface area (Å²) in [6, 6.07) is 9.20. The summed E-state index contributed by atoms with van der Waals surface area (Å²) in [4.78, 5) is 23.2. The highest BCUT2D eigenvalue weighted by Gasteiger charge is 2.15. The third-order valence-corrected chi connectivity index (χ3v) is 4.33. The molecule has 1 aromatic heterocycles. The summed E-state index contributed by atoms with van der Waals surface area (Å²) >= 11 is 3.39. The Balaban J connectivity index is 1.65. The molecule has 0 bridgehead atoms. The molecule has 1 N–H and O–H groups in total. The topological polar surface area (TPSA) is 58.1 Å². The quantitative estimate of drug-likeness (QED) is 0.910. The van der Waals surface area contributed by atoms with E-state index in [0.29, 0.717) is 12.1 Å². The number of nitrogens with one attached hydrogen (secondary N) is 1. The minimum absolute atomic E-state index is 0.117. The molecule has 1 aromatic carbocycles. The number of hydrogen-bond donors (Lipinski definition) is 1. The number of aromatic nitrogens is 2. The SMILES string of the molecule is O=C(NCc1ccnc(N2CCCC2)n1)c1ccccc1Br. The van der Waals surface area contributed by atoms with Crippen LogP contribution in [-0.2, 0) is 6.54 Å². The maximum atomic E-state index is 12.2. The van der Waals surface area contributed by atoms with E-state index in [1.807, 2.05) is 24.3 Å². The van der Waals surface area contributed by atoms with Crippen molar-refractivity contribution in [1.82, 2.24) is 15.3 Å². The zero-order valence-electron chi connectivity index (χ0n) is 12.1. The lowest BCUT2D eigenvalue weighted by molar-refractivity contribution is 0.0949. The van der Waals surface area contributed by atoms with Crippen LogP contribution < -0.4 is 10.2 Å². The molecule has 1 amide bonds. The predicted octanol–water partition coefficient (Wildman–Crippen LogP) is 2.77. The first-order valence-corrected chi connectivity index (χ1v) is 8.13. The minimum Gasteiger partial charge on any atom is -0.346 e. The van der Waals surface area contributed by atoms with Crippen LogP contribution >= 0.6 is 15.9 Å². The highest BCUT2D eigenvalue weighted by molar-refractivity contribution is 9.10. The molecule has 1 saturated heterocycles. The number of halogens is 1. The van der Waals surface area contributed by atoms with Gasteiger partial charge in [-0.15, -0.1) is 0 Å². The largest absolute Gasteiger partial charge is 0.346 e.